The molecule has 0 atom stereocenters. The van der Waals surface area contributed by atoms with Crippen LogP contribution in [0.1, 0.15) is 46.6 Å². The van der Waals surface area contributed by atoms with Crippen molar-refractivity contribution in [3.63, 3.8) is 0 Å². The molecule has 21 heavy (non-hydrogen) atoms. The van der Waals surface area contributed by atoms with Gasteiger partial charge in [-0.3, -0.25) is 10.1 Å². The zero-order valence-corrected chi connectivity index (χ0v) is 13.3. The van der Waals surface area contributed by atoms with Crippen LogP contribution in [0, 0.1) is 10.1 Å². The molecule has 0 N–H and O–H groups in total. The number of nitro groups is 1. The number of hydrogen-bond acceptors (Lipinski definition) is 4. The predicted octanol–water partition coefficient (Wildman–Crippen LogP) is 2.85. The molecular weight excluding hydrogens is 269 g/mol. The number of nitrogens with zero attached hydrogens (tertiary/aromatic N) is 1. The maximum Gasteiger partial charge on any atom is 0.495 e. The third-order valence-electron chi connectivity index (χ3n) is 4.35. The van der Waals surface area contributed by atoms with Crippen molar-refractivity contribution in [3.05, 3.63) is 33.9 Å². The molecule has 0 bridgehead atoms. The summed E-state index contributed by atoms with van der Waals surface area (Å²) in [6, 6.07) is 5.25. The van der Waals surface area contributed by atoms with Crippen LogP contribution in [0.5, 0.6) is 0 Å². The van der Waals surface area contributed by atoms with Gasteiger partial charge in [0.2, 0.25) is 0 Å². The predicted molar refractivity (Wildman–Crippen MR) is 82.8 cm³/mol. The molecule has 0 unspecified atom stereocenters. The van der Waals surface area contributed by atoms with Gasteiger partial charge in [-0.05, 0) is 39.6 Å². The highest BCUT2D eigenvalue weighted by Gasteiger charge is 2.51. The first kappa shape index (κ1) is 16.0. The van der Waals surface area contributed by atoms with Crippen LogP contribution in [0.25, 0.3) is 0 Å². The summed E-state index contributed by atoms with van der Waals surface area (Å²) in [6.45, 7) is 9.87. The lowest BCUT2D eigenvalue weighted by Gasteiger charge is -2.32. The maximum atomic E-state index is 11.2. The molecule has 1 fully saturated rings. The van der Waals surface area contributed by atoms with Crippen molar-refractivity contribution in [1.29, 1.82) is 0 Å². The monoisotopic (exact) mass is 291 g/mol. The standard InChI is InChI=1S/C15H22BNO4/c1-6-7-11-8-9-12(10-13(11)17(18)19)16-20-14(2,3)15(4,5)21-16/h8-10H,6-7H2,1-5H3. The van der Waals surface area contributed by atoms with E-state index in [0.717, 1.165) is 12.0 Å². The fraction of sp³-hybridized carbons (Fsp3) is 0.600. The maximum absolute atomic E-state index is 11.2. The minimum absolute atomic E-state index is 0.143. The highest BCUT2D eigenvalue weighted by atomic mass is 16.7. The number of rotatable bonds is 4. The Balaban J connectivity index is 2.34. The minimum atomic E-state index is -0.565. The lowest BCUT2D eigenvalue weighted by atomic mass is 9.78. The largest absolute Gasteiger partial charge is 0.495 e. The molecule has 1 heterocycles. The van der Waals surface area contributed by atoms with Crippen molar-refractivity contribution in [1.82, 2.24) is 0 Å². The SMILES string of the molecule is CCCc1ccc(B2OC(C)(C)C(C)(C)O2)cc1[N+](=O)[O-]. The molecule has 0 saturated carbocycles. The Morgan fingerprint density at radius 1 is 1.19 bits per heavy atom. The first-order chi connectivity index (χ1) is 9.68. The van der Waals surface area contributed by atoms with Crippen LogP contribution >= 0.6 is 0 Å². The molecule has 5 nitrogen and oxygen atoms in total. The van der Waals surface area contributed by atoms with Crippen LogP contribution in [-0.4, -0.2) is 23.2 Å². The third kappa shape index (κ3) is 2.96. The second-order valence-electron chi connectivity index (χ2n) is 6.48. The molecule has 6 heteroatoms. The van der Waals surface area contributed by atoms with Gasteiger partial charge >= 0.3 is 7.12 Å². The van der Waals surface area contributed by atoms with Gasteiger partial charge in [0, 0.05) is 11.6 Å². The van der Waals surface area contributed by atoms with E-state index in [1.54, 1.807) is 6.07 Å². The summed E-state index contributed by atoms with van der Waals surface area (Å²) in [4.78, 5) is 10.9. The summed E-state index contributed by atoms with van der Waals surface area (Å²) >= 11 is 0. The summed E-state index contributed by atoms with van der Waals surface area (Å²) in [7, 11) is -0.565. The second-order valence-corrected chi connectivity index (χ2v) is 6.48. The fourth-order valence-corrected chi connectivity index (χ4v) is 2.36. The highest BCUT2D eigenvalue weighted by Crippen LogP contribution is 2.36. The normalized spacial score (nSPS) is 19.8. The van der Waals surface area contributed by atoms with Crippen LogP contribution in [0.15, 0.2) is 18.2 Å². The molecule has 1 aromatic rings. The molecule has 1 saturated heterocycles. The van der Waals surface area contributed by atoms with Crippen LogP contribution in [-0.2, 0) is 15.7 Å². The Labute approximate surface area is 125 Å². The molecule has 1 aliphatic heterocycles. The zero-order chi connectivity index (χ0) is 15.8. The van der Waals surface area contributed by atoms with E-state index in [1.165, 1.54) is 0 Å². The average Bonchev–Trinajstić information content (AvgIpc) is 2.59. The summed E-state index contributed by atoms with van der Waals surface area (Å²) in [5, 5.41) is 11.2. The molecule has 1 aliphatic rings. The lowest BCUT2D eigenvalue weighted by Crippen LogP contribution is -2.41. The number of benzene rings is 1. The van der Waals surface area contributed by atoms with E-state index < -0.39 is 18.3 Å². The first-order valence-electron chi connectivity index (χ1n) is 7.31. The van der Waals surface area contributed by atoms with Gasteiger partial charge in [0.15, 0.2) is 0 Å². The first-order valence-corrected chi connectivity index (χ1v) is 7.31. The fourth-order valence-electron chi connectivity index (χ4n) is 2.36. The smallest absolute Gasteiger partial charge is 0.399 e. The highest BCUT2D eigenvalue weighted by molar-refractivity contribution is 6.62. The molecule has 0 spiro atoms. The van der Waals surface area contributed by atoms with E-state index in [2.05, 4.69) is 0 Å². The van der Waals surface area contributed by atoms with Gasteiger partial charge in [-0.1, -0.05) is 25.5 Å². The summed E-state index contributed by atoms with van der Waals surface area (Å²) in [5.74, 6) is 0. The van der Waals surface area contributed by atoms with Crippen molar-refractivity contribution in [2.45, 2.75) is 58.7 Å². The van der Waals surface area contributed by atoms with Crippen molar-refractivity contribution in [2.75, 3.05) is 0 Å². The van der Waals surface area contributed by atoms with Gasteiger partial charge in [0.05, 0.1) is 16.1 Å². The van der Waals surface area contributed by atoms with E-state index in [9.17, 15) is 10.1 Å². The van der Waals surface area contributed by atoms with E-state index in [1.807, 2.05) is 46.8 Å². The van der Waals surface area contributed by atoms with Gasteiger partial charge in [-0.25, -0.2) is 0 Å². The Hall–Kier alpha value is -1.40. The van der Waals surface area contributed by atoms with Gasteiger partial charge in [0.1, 0.15) is 0 Å². The summed E-state index contributed by atoms with van der Waals surface area (Å²) in [5.41, 5.74) is 0.690. The van der Waals surface area contributed by atoms with Crippen molar-refractivity contribution < 1.29 is 14.2 Å². The van der Waals surface area contributed by atoms with Gasteiger partial charge < -0.3 is 9.31 Å². The van der Waals surface area contributed by atoms with Gasteiger partial charge in [-0.15, -0.1) is 0 Å². The van der Waals surface area contributed by atoms with E-state index in [4.69, 9.17) is 9.31 Å². The average molecular weight is 291 g/mol. The van der Waals surface area contributed by atoms with Crippen molar-refractivity contribution in [3.8, 4) is 0 Å². The molecule has 2 rings (SSSR count). The number of nitro benzene ring substituents is 1. The Morgan fingerprint density at radius 3 is 2.24 bits per heavy atom. The van der Waals surface area contributed by atoms with Gasteiger partial charge in [-0.2, -0.15) is 0 Å². The van der Waals surface area contributed by atoms with Crippen LogP contribution < -0.4 is 5.46 Å². The molecule has 0 aromatic heterocycles. The Morgan fingerprint density at radius 2 is 1.76 bits per heavy atom. The second kappa shape index (κ2) is 5.42. The molecule has 0 aliphatic carbocycles. The minimum Gasteiger partial charge on any atom is -0.399 e. The third-order valence-corrected chi connectivity index (χ3v) is 4.35. The van der Waals surface area contributed by atoms with Gasteiger partial charge in [0.25, 0.3) is 5.69 Å². The molecular formula is C15H22BNO4. The molecule has 1 aromatic carbocycles. The van der Waals surface area contributed by atoms with Crippen LogP contribution in [0.3, 0.4) is 0 Å². The van der Waals surface area contributed by atoms with E-state index >= 15 is 0 Å². The summed E-state index contributed by atoms with van der Waals surface area (Å²) in [6.07, 6.45) is 1.57. The van der Waals surface area contributed by atoms with Crippen molar-refractivity contribution in [2.24, 2.45) is 0 Å². The van der Waals surface area contributed by atoms with Crippen LogP contribution in [0.4, 0.5) is 5.69 Å². The van der Waals surface area contributed by atoms with E-state index in [-0.39, 0.29) is 10.6 Å². The molecule has 114 valence electrons. The van der Waals surface area contributed by atoms with Crippen LogP contribution in [0.2, 0.25) is 0 Å². The molecule has 0 amide bonds. The topological polar surface area (TPSA) is 61.6 Å². The lowest BCUT2D eigenvalue weighted by molar-refractivity contribution is -0.385. The summed E-state index contributed by atoms with van der Waals surface area (Å²) < 4.78 is 11.9. The Bertz CT molecular complexity index is 541. The number of hydrogen-bond donors (Lipinski definition) is 0. The van der Waals surface area contributed by atoms with Crippen molar-refractivity contribution >= 4 is 18.3 Å². The van der Waals surface area contributed by atoms with E-state index in [0.29, 0.717) is 11.9 Å². The zero-order valence-electron chi connectivity index (χ0n) is 13.3. The molecule has 0 radical (unpaired) electrons. The quantitative estimate of drug-likeness (QED) is 0.486. The number of aryl methyl sites for hydroxylation is 1. The Kier molecular flexibility index (Phi) is 4.13.